The number of likely N-dealkylation sites (tertiary alicyclic amines) is 1. The fourth-order valence-corrected chi connectivity index (χ4v) is 4.31. The molecule has 0 atom stereocenters. The summed E-state index contributed by atoms with van der Waals surface area (Å²) in [4.78, 5) is 10.9. The van der Waals surface area contributed by atoms with Crippen molar-refractivity contribution >= 4 is 16.9 Å². The van der Waals surface area contributed by atoms with E-state index < -0.39 is 0 Å². The van der Waals surface area contributed by atoms with Crippen molar-refractivity contribution in [2.45, 2.75) is 52.0 Å². The lowest BCUT2D eigenvalue weighted by molar-refractivity contribution is 0.155. The summed E-state index contributed by atoms with van der Waals surface area (Å²) < 4.78 is 5.17. The van der Waals surface area contributed by atoms with Crippen molar-refractivity contribution in [1.82, 2.24) is 20.5 Å². The summed E-state index contributed by atoms with van der Waals surface area (Å²) in [5.74, 6) is 0.949. The molecule has 166 valence electrons. The maximum Gasteiger partial charge on any atom is 0.191 e. The number of ether oxygens (including phenoxy) is 1. The molecule has 1 aromatic heterocycles. The standard InChI is InChI=1S/C24H39N5O/c1-4-19-8-6-9-22-20(18-27-23(19)22)10-13-26-24(25-5-2)28-21-11-15-29(16-12-21)14-7-17-30-3/h6,8-9,18,21,27H,4-5,7,10-17H2,1-3H3,(H2,25,26,28). The highest BCUT2D eigenvalue weighted by Gasteiger charge is 2.19. The summed E-state index contributed by atoms with van der Waals surface area (Å²) in [6.45, 7) is 10.3. The highest BCUT2D eigenvalue weighted by molar-refractivity contribution is 5.86. The number of benzene rings is 1. The normalized spacial score (nSPS) is 16.3. The fraction of sp³-hybridized carbons (Fsp3) is 0.625. The molecule has 0 saturated carbocycles. The number of aromatic nitrogens is 1. The van der Waals surface area contributed by atoms with E-state index in [1.807, 2.05) is 0 Å². The zero-order chi connectivity index (χ0) is 21.2. The Morgan fingerprint density at radius 2 is 2.07 bits per heavy atom. The highest BCUT2D eigenvalue weighted by atomic mass is 16.5. The maximum absolute atomic E-state index is 5.17. The van der Waals surface area contributed by atoms with Crippen LogP contribution in [0.1, 0.15) is 44.2 Å². The van der Waals surface area contributed by atoms with Crippen LogP contribution in [-0.4, -0.2) is 68.3 Å². The molecule has 6 heteroatoms. The first-order valence-corrected chi connectivity index (χ1v) is 11.6. The molecule has 0 amide bonds. The van der Waals surface area contributed by atoms with Gasteiger partial charge in [-0.3, -0.25) is 4.99 Å². The van der Waals surface area contributed by atoms with E-state index in [1.165, 1.54) is 34.9 Å². The summed E-state index contributed by atoms with van der Waals surface area (Å²) in [6.07, 6.45) is 7.60. The van der Waals surface area contributed by atoms with E-state index in [4.69, 9.17) is 9.73 Å². The second-order valence-electron chi connectivity index (χ2n) is 8.12. The molecule has 1 aliphatic rings. The first kappa shape index (κ1) is 22.6. The van der Waals surface area contributed by atoms with Crippen molar-refractivity contribution in [3.8, 4) is 0 Å². The van der Waals surface area contributed by atoms with Crippen molar-refractivity contribution in [1.29, 1.82) is 0 Å². The number of nitrogens with one attached hydrogen (secondary N) is 3. The number of rotatable bonds is 10. The van der Waals surface area contributed by atoms with Crippen molar-refractivity contribution in [2.75, 3.05) is 46.4 Å². The largest absolute Gasteiger partial charge is 0.385 e. The third-order valence-electron chi connectivity index (χ3n) is 6.01. The van der Waals surface area contributed by atoms with Crippen LogP contribution in [0.15, 0.2) is 29.4 Å². The monoisotopic (exact) mass is 413 g/mol. The average Bonchev–Trinajstić information content (AvgIpc) is 3.18. The molecular weight excluding hydrogens is 374 g/mol. The molecule has 2 heterocycles. The zero-order valence-corrected chi connectivity index (χ0v) is 19.0. The summed E-state index contributed by atoms with van der Waals surface area (Å²) in [5, 5.41) is 8.42. The van der Waals surface area contributed by atoms with Crippen LogP contribution in [-0.2, 0) is 17.6 Å². The minimum absolute atomic E-state index is 0.502. The van der Waals surface area contributed by atoms with Gasteiger partial charge in [0.2, 0.25) is 0 Å². The number of aryl methyl sites for hydroxylation is 1. The third kappa shape index (κ3) is 6.22. The quantitative estimate of drug-likeness (QED) is 0.318. The predicted octanol–water partition coefficient (Wildman–Crippen LogP) is 3.33. The Bertz CT molecular complexity index is 792. The first-order chi connectivity index (χ1) is 14.7. The van der Waals surface area contributed by atoms with Crippen molar-refractivity contribution < 1.29 is 4.74 Å². The van der Waals surface area contributed by atoms with Crippen LogP contribution in [0.3, 0.4) is 0 Å². The molecule has 0 spiro atoms. The molecule has 1 aromatic carbocycles. The molecule has 30 heavy (non-hydrogen) atoms. The van der Waals surface area contributed by atoms with Crippen LogP contribution < -0.4 is 10.6 Å². The van der Waals surface area contributed by atoms with Gasteiger partial charge in [0, 0.05) is 69.6 Å². The SMILES string of the molecule is CCNC(=NCCc1c[nH]c2c(CC)cccc12)NC1CCN(CCCOC)CC1. The molecule has 1 saturated heterocycles. The highest BCUT2D eigenvalue weighted by Crippen LogP contribution is 2.22. The first-order valence-electron chi connectivity index (χ1n) is 11.6. The van der Waals surface area contributed by atoms with Gasteiger partial charge in [0.05, 0.1) is 0 Å². The number of fused-ring (bicyclic) bond motifs is 1. The molecule has 6 nitrogen and oxygen atoms in total. The summed E-state index contributed by atoms with van der Waals surface area (Å²) in [6, 6.07) is 7.08. The molecule has 0 radical (unpaired) electrons. The third-order valence-corrected chi connectivity index (χ3v) is 6.01. The molecule has 1 fully saturated rings. The van der Waals surface area contributed by atoms with Gasteiger partial charge in [0.1, 0.15) is 0 Å². The van der Waals surface area contributed by atoms with E-state index in [1.54, 1.807) is 7.11 Å². The smallest absolute Gasteiger partial charge is 0.191 e. The van der Waals surface area contributed by atoms with Gasteiger partial charge in [-0.2, -0.15) is 0 Å². The van der Waals surface area contributed by atoms with Gasteiger partial charge in [-0.05, 0) is 50.2 Å². The van der Waals surface area contributed by atoms with Crippen LogP contribution >= 0.6 is 0 Å². The minimum atomic E-state index is 0.502. The van der Waals surface area contributed by atoms with Gasteiger partial charge in [-0.1, -0.05) is 25.1 Å². The molecule has 0 bridgehead atoms. The lowest BCUT2D eigenvalue weighted by Crippen LogP contribution is -2.49. The number of methoxy groups -OCH3 is 1. The topological polar surface area (TPSA) is 64.7 Å². The Hall–Kier alpha value is -2.05. The number of H-pyrrole nitrogens is 1. The Morgan fingerprint density at radius 1 is 1.23 bits per heavy atom. The lowest BCUT2D eigenvalue weighted by Gasteiger charge is -2.33. The van der Waals surface area contributed by atoms with E-state index in [2.05, 4.69) is 58.8 Å². The van der Waals surface area contributed by atoms with Crippen molar-refractivity contribution in [2.24, 2.45) is 4.99 Å². The van der Waals surface area contributed by atoms with Crippen molar-refractivity contribution in [3.05, 3.63) is 35.5 Å². The number of aromatic amines is 1. The maximum atomic E-state index is 5.17. The molecule has 3 rings (SSSR count). The number of aliphatic imine (C=N–C) groups is 1. The van der Waals surface area contributed by atoms with Gasteiger partial charge in [0.15, 0.2) is 5.96 Å². The minimum Gasteiger partial charge on any atom is -0.385 e. The van der Waals surface area contributed by atoms with E-state index in [0.717, 1.165) is 64.6 Å². The van der Waals surface area contributed by atoms with E-state index in [0.29, 0.717) is 6.04 Å². The number of guanidine groups is 1. The fourth-order valence-electron chi connectivity index (χ4n) is 4.31. The van der Waals surface area contributed by atoms with Crippen molar-refractivity contribution in [3.63, 3.8) is 0 Å². The number of piperidine rings is 1. The Morgan fingerprint density at radius 3 is 2.80 bits per heavy atom. The van der Waals surface area contributed by atoms with E-state index in [9.17, 15) is 0 Å². The van der Waals surface area contributed by atoms with E-state index in [-0.39, 0.29) is 0 Å². The molecule has 3 N–H and O–H groups in total. The molecule has 1 aliphatic heterocycles. The van der Waals surface area contributed by atoms with Crippen LogP contribution in [0, 0.1) is 0 Å². The van der Waals surface area contributed by atoms with Crippen LogP contribution in [0.2, 0.25) is 0 Å². The van der Waals surface area contributed by atoms with Crippen LogP contribution in [0.25, 0.3) is 10.9 Å². The Labute approximate surface area is 181 Å². The molecule has 2 aromatic rings. The zero-order valence-electron chi connectivity index (χ0n) is 19.0. The van der Waals surface area contributed by atoms with Gasteiger partial charge in [-0.15, -0.1) is 0 Å². The van der Waals surface area contributed by atoms with Gasteiger partial charge in [0.25, 0.3) is 0 Å². The van der Waals surface area contributed by atoms with Crippen LogP contribution in [0.4, 0.5) is 0 Å². The Kier molecular flexibility index (Phi) is 9.02. The van der Waals surface area contributed by atoms with Gasteiger partial charge < -0.3 is 25.3 Å². The van der Waals surface area contributed by atoms with Crippen LogP contribution in [0.5, 0.6) is 0 Å². The predicted molar refractivity (Wildman–Crippen MR) is 126 cm³/mol. The average molecular weight is 414 g/mol. The summed E-state index contributed by atoms with van der Waals surface area (Å²) >= 11 is 0. The number of hydrogen-bond acceptors (Lipinski definition) is 3. The van der Waals surface area contributed by atoms with Gasteiger partial charge in [-0.25, -0.2) is 0 Å². The second kappa shape index (κ2) is 12.0. The summed E-state index contributed by atoms with van der Waals surface area (Å²) in [7, 11) is 1.78. The molecular formula is C24H39N5O. The number of para-hydroxylation sites is 1. The molecule has 0 unspecified atom stereocenters. The molecule has 0 aliphatic carbocycles. The summed E-state index contributed by atoms with van der Waals surface area (Å²) in [5.41, 5.74) is 4.01. The Balaban J connectivity index is 1.51. The lowest BCUT2D eigenvalue weighted by atomic mass is 10.1. The number of nitrogens with zero attached hydrogens (tertiary/aromatic N) is 2. The number of hydrogen-bond donors (Lipinski definition) is 3. The van der Waals surface area contributed by atoms with E-state index >= 15 is 0 Å². The second-order valence-corrected chi connectivity index (χ2v) is 8.12. The van der Waals surface area contributed by atoms with Gasteiger partial charge >= 0.3 is 0 Å².